The molecule has 0 atom stereocenters. The summed E-state index contributed by atoms with van der Waals surface area (Å²) in [6.07, 6.45) is 3.30. The van der Waals surface area contributed by atoms with Crippen molar-refractivity contribution in [2.24, 2.45) is 5.10 Å². The average Bonchev–Trinajstić information content (AvgIpc) is 3.06. The zero-order chi connectivity index (χ0) is 19.5. The molecular weight excluding hydrogens is 360 g/mol. The molecule has 0 aliphatic carbocycles. The van der Waals surface area contributed by atoms with Crippen LogP contribution in [0.4, 0.5) is 0 Å². The number of rotatable bonds is 4. The number of amides is 1. The van der Waals surface area contributed by atoms with E-state index in [1.807, 2.05) is 64.1 Å². The Labute approximate surface area is 157 Å². The molecule has 1 aromatic carbocycles. The van der Waals surface area contributed by atoms with Gasteiger partial charge in [-0.2, -0.15) is 5.10 Å². The normalized spacial score (nSPS) is 11.1. The van der Waals surface area contributed by atoms with Crippen molar-refractivity contribution < 1.29 is 4.79 Å². The number of aromatic amines is 2. The smallest absolute Gasteiger partial charge is 0.303 e. The Hall–Kier alpha value is -4.27. The third-order valence-corrected chi connectivity index (χ3v) is 3.97. The summed E-state index contributed by atoms with van der Waals surface area (Å²) >= 11 is 0. The Morgan fingerprint density at radius 2 is 1.86 bits per heavy atom. The molecule has 3 aromatic heterocycles. The van der Waals surface area contributed by atoms with E-state index in [0.717, 1.165) is 17.3 Å². The molecule has 0 aliphatic rings. The Morgan fingerprint density at radius 1 is 1.07 bits per heavy atom. The summed E-state index contributed by atoms with van der Waals surface area (Å²) in [6.45, 7) is 0. The second kappa shape index (κ2) is 7.16. The van der Waals surface area contributed by atoms with Gasteiger partial charge in [0.2, 0.25) is 0 Å². The van der Waals surface area contributed by atoms with Crippen molar-refractivity contribution in [1.82, 2.24) is 24.8 Å². The molecule has 28 heavy (non-hydrogen) atoms. The summed E-state index contributed by atoms with van der Waals surface area (Å²) in [7, 11) is 0. The predicted octanol–water partition coefficient (Wildman–Crippen LogP) is 1.14. The number of benzene rings is 1. The highest BCUT2D eigenvalue weighted by atomic mass is 16.2. The van der Waals surface area contributed by atoms with Gasteiger partial charge in [0.1, 0.15) is 11.3 Å². The van der Waals surface area contributed by atoms with Crippen LogP contribution in [0.1, 0.15) is 16.2 Å². The maximum absolute atomic E-state index is 12.1. The van der Waals surface area contributed by atoms with E-state index in [0.29, 0.717) is 11.4 Å². The van der Waals surface area contributed by atoms with E-state index >= 15 is 0 Å². The largest absolute Gasteiger partial charge is 0.326 e. The number of fused-ring (bicyclic) bond motifs is 1. The molecule has 0 fully saturated rings. The van der Waals surface area contributed by atoms with Gasteiger partial charge in [0.15, 0.2) is 0 Å². The Morgan fingerprint density at radius 3 is 2.64 bits per heavy atom. The van der Waals surface area contributed by atoms with Crippen LogP contribution < -0.4 is 16.7 Å². The molecule has 0 bridgehead atoms. The molecule has 0 radical (unpaired) electrons. The van der Waals surface area contributed by atoms with Crippen molar-refractivity contribution in [2.75, 3.05) is 0 Å². The van der Waals surface area contributed by atoms with Crippen LogP contribution in [0.3, 0.4) is 0 Å². The summed E-state index contributed by atoms with van der Waals surface area (Å²) in [5, 5.41) is 3.97. The first-order valence-electron chi connectivity index (χ1n) is 8.31. The molecule has 0 aliphatic heterocycles. The molecule has 1 amide bonds. The Bertz CT molecular complexity index is 1270. The lowest BCUT2D eigenvalue weighted by molar-refractivity contribution is 0.0949. The second-order valence-corrected chi connectivity index (χ2v) is 5.84. The molecule has 138 valence electrons. The lowest BCUT2D eigenvalue weighted by atomic mass is 10.1. The third kappa shape index (κ3) is 3.36. The Kier molecular flexibility index (Phi) is 4.38. The van der Waals surface area contributed by atoms with Gasteiger partial charge in [0.25, 0.3) is 11.5 Å². The van der Waals surface area contributed by atoms with Gasteiger partial charge in [-0.3, -0.25) is 19.0 Å². The van der Waals surface area contributed by atoms with Gasteiger partial charge >= 0.3 is 5.69 Å². The highest BCUT2D eigenvalue weighted by molar-refractivity contribution is 5.94. The molecule has 3 N–H and O–H groups in total. The SMILES string of the molecule is O=C(N/N=C\c1c(-c2ccccc2)nc2ccccn12)c1cc(=O)[nH]c(=O)[nH]1. The van der Waals surface area contributed by atoms with Gasteiger partial charge in [-0.15, -0.1) is 0 Å². The second-order valence-electron chi connectivity index (χ2n) is 5.84. The summed E-state index contributed by atoms with van der Waals surface area (Å²) in [6, 6.07) is 16.2. The molecule has 4 rings (SSSR count). The van der Waals surface area contributed by atoms with Crippen LogP contribution in [0.5, 0.6) is 0 Å². The molecule has 0 saturated heterocycles. The van der Waals surface area contributed by atoms with Crippen molar-refractivity contribution in [3.05, 3.63) is 93.0 Å². The van der Waals surface area contributed by atoms with E-state index < -0.39 is 17.2 Å². The number of pyridine rings is 1. The Balaban J connectivity index is 1.68. The zero-order valence-corrected chi connectivity index (χ0v) is 14.4. The minimum Gasteiger partial charge on any atom is -0.303 e. The molecular formula is C19H14N6O3. The maximum Gasteiger partial charge on any atom is 0.326 e. The number of hydrogen-bond acceptors (Lipinski definition) is 5. The summed E-state index contributed by atoms with van der Waals surface area (Å²) in [5.74, 6) is -0.713. The highest BCUT2D eigenvalue weighted by Crippen LogP contribution is 2.22. The molecule has 4 aromatic rings. The maximum atomic E-state index is 12.1. The molecule has 9 nitrogen and oxygen atoms in total. The summed E-state index contributed by atoms with van der Waals surface area (Å²) < 4.78 is 1.84. The molecule has 9 heteroatoms. The molecule has 3 heterocycles. The molecule has 0 spiro atoms. The molecule has 0 saturated carbocycles. The van der Waals surface area contributed by atoms with Gasteiger partial charge in [0, 0.05) is 17.8 Å². The number of nitrogens with one attached hydrogen (secondary N) is 3. The van der Waals surface area contributed by atoms with Crippen LogP contribution in [-0.4, -0.2) is 31.5 Å². The van der Waals surface area contributed by atoms with Crippen molar-refractivity contribution in [3.8, 4) is 11.3 Å². The number of aromatic nitrogens is 4. The fourth-order valence-corrected chi connectivity index (χ4v) is 2.75. The van der Waals surface area contributed by atoms with Gasteiger partial charge in [-0.25, -0.2) is 15.2 Å². The first kappa shape index (κ1) is 17.2. The minimum atomic E-state index is -0.769. The van der Waals surface area contributed by atoms with E-state index in [4.69, 9.17) is 0 Å². The lowest BCUT2D eigenvalue weighted by Gasteiger charge is -2.01. The van der Waals surface area contributed by atoms with Crippen molar-refractivity contribution in [1.29, 1.82) is 0 Å². The fraction of sp³-hybridized carbons (Fsp3) is 0. The van der Waals surface area contributed by atoms with Crippen molar-refractivity contribution in [2.45, 2.75) is 0 Å². The minimum absolute atomic E-state index is 0.188. The van der Waals surface area contributed by atoms with Gasteiger partial charge in [0.05, 0.1) is 17.6 Å². The zero-order valence-electron chi connectivity index (χ0n) is 14.4. The van der Waals surface area contributed by atoms with E-state index in [9.17, 15) is 14.4 Å². The first-order chi connectivity index (χ1) is 13.6. The number of nitrogens with zero attached hydrogens (tertiary/aromatic N) is 3. The number of hydrazone groups is 1. The van der Waals surface area contributed by atoms with Crippen molar-refractivity contribution in [3.63, 3.8) is 0 Å². The summed E-state index contributed by atoms with van der Waals surface area (Å²) in [4.78, 5) is 43.6. The first-order valence-corrected chi connectivity index (χ1v) is 8.31. The van der Waals surface area contributed by atoms with Gasteiger partial charge in [-0.1, -0.05) is 36.4 Å². The number of carbonyl (C=O) groups excluding carboxylic acids is 1. The van der Waals surface area contributed by atoms with Crippen molar-refractivity contribution >= 4 is 17.8 Å². The van der Waals surface area contributed by atoms with E-state index in [2.05, 4.69) is 20.5 Å². The highest BCUT2D eigenvalue weighted by Gasteiger charge is 2.12. The monoisotopic (exact) mass is 374 g/mol. The van der Waals surface area contributed by atoms with Gasteiger partial charge < -0.3 is 4.98 Å². The number of carbonyl (C=O) groups is 1. The predicted molar refractivity (Wildman–Crippen MR) is 103 cm³/mol. The standard InChI is InChI=1S/C19H14N6O3/c26-16-10-13(21-19(28)23-16)18(27)24-20-11-14-17(12-6-2-1-3-7-12)22-15-8-4-5-9-25(14)15/h1-11H,(H,24,27)(H2,21,23,26,28)/b20-11-. The van der Waals surface area contributed by atoms with Crippen LogP contribution in [-0.2, 0) is 0 Å². The topological polar surface area (TPSA) is 124 Å². The summed E-state index contributed by atoms with van der Waals surface area (Å²) in [5.41, 5.74) is 3.67. The van der Waals surface area contributed by atoms with Crippen LogP contribution in [0.15, 0.2) is 75.5 Å². The lowest BCUT2D eigenvalue weighted by Crippen LogP contribution is -2.28. The molecule has 0 unspecified atom stereocenters. The quantitative estimate of drug-likeness (QED) is 0.366. The van der Waals surface area contributed by atoms with Gasteiger partial charge in [-0.05, 0) is 12.1 Å². The van der Waals surface area contributed by atoms with Crippen LogP contribution >= 0.6 is 0 Å². The van der Waals surface area contributed by atoms with E-state index in [-0.39, 0.29) is 5.69 Å². The third-order valence-electron chi connectivity index (χ3n) is 3.97. The fourth-order valence-electron chi connectivity index (χ4n) is 2.75. The van der Waals surface area contributed by atoms with E-state index in [1.165, 1.54) is 6.21 Å². The van der Waals surface area contributed by atoms with E-state index in [1.54, 1.807) is 0 Å². The number of H-pyrrole nitrogens is 2. The number of hydrogen-bond donors (Lipinski definition) is 3. The van der Waals surface area contributed by atoms with Crippen LogP contribution in [0, 0.1) is 0 Å². The van der Waals surface area contributed by atoms with Crippen LogP contribution in [0.25, 0.3) is 16.9 Å². The van der Waals surface area contributed by atoms with Crippen LogP contribution in [0.2, 0.25) is 0 Å². The number of imidazole rings is 1. The average molecular weight is 374 g/mol.